The normalized spacial score (nSPS) is 13.0. The molecule has 1 aromatic rings. The fraction of sp³-hybridized carbons (Fsp3) is 0.286. The van der Waals surface area contributed by atoms with Gasteiger partial charge >= 0.3 is 12.1 Å². The third kappa shape index (κ3) is 5.93. The summed E-state index contributed by atoms with van der Waals surface area (Å²) in [5.41, 5.74) is 2.77. The Hall–Kier alpha value is -2.03. The minimum absolute atomic E-state index is 0.139. The highest BCUT2D eigenvalue weighted by molar-refractivity contribution is 9.10. The van der Waals surface area contributed by atoms with Crippen LogP contribution in [0.1, 0.15) is 12.5 Å². The summed E-state index contributed by atoms with van der Waals surface area (Å²) >= 11 is 3.26. The lowest BCUT2D eigenvalue weighted by molar-refractivity contribution is -0.141. The summed E-state index contributed by atoms with van der Waals surface area (Å²) in [5.74, 6) is -3.38. The molecule has 0 aromatic heterocycles. The van der Waals surface area contributed by atoms with Crippen LogP contribution >= 0.6 is 15.9 Å². The van der Waals surface area contributed by atoms with E-state index < -0.39 is 23.5 Å². The second-order valence-electron chi connectivity index (χ2n) is 4.37. The maximum absolute atomic E-state index is 12.6. The van der Waals surface area contributed by atoms with Gasteiger partial charge in [0.25, 0.3) is 0 Å². The lowest BCUT2D eigenvalue weighted by atomic mass is 10.2. The molecule has 0 saturated heterocycles. The van der Waals surface area contributed by atoms with Crippen LogP contribution in [0.4, 0.5) is 18.9 Å². The van der Waals surface area contributed by atoms with Gasteiger partial charge in [0.15, 0.2) is 0 Å². The third-order valence-electron chi connectivity index (χ3n) is 2.45. The van der Waals surface area contributed by atoms with E-state index in [0.717, 1.165) is 10.0 Å². The fourth-order valence-electron chi connectivity index (χ4n) is 1.54. The van der Waals surface area contributed by atoms with E-state index >= 15 is 0 Å². The average molecular weight is 395 g/mol. The van der Waals surface area contributed by atoms with Crippen LogP contribution in [-0.2, 0) is 9.53 Å². The second-order valence-corrected chi connectivity index (χ2v) is 5.28. The zero-order valence-electron chi connectivity index (χ0n) is 12.2. The summed E-state index contributed by atoms with van der Waals surface area (Å²) in [5, 5.41) is 12.7. The van der Waals surface area contributed by atoms with Crippen LogP contribution in [0.5, 0.6) is 0 Å². The molecule has 5 nitrogen and oxygen atoms in total. The molecule has 0 unspecified atom stereocenters. The number of hydrogen-bond acceptors (Lipinski definition) is 5. The number of benzene rings is 1. The molecule has 0 aliphatic rings. The van der Waals surface area contributed by atoms with E-state index in [1.807, 2.05) is 13.0 Å². The number of aryl methyl sites for hydroxylation is 1. The smallest absolute Gasteiger partial charge is 0.449 e. The van der Waals surface area contributed by atoms with Gasteiger partial charge in [-0.15, -0.1) is 0 Å². The number of hydrazone groups is 1. The Bertz CT molecular complexity index is 622. The summed E-state index contributed by atoms with van der Waals surface area (Å²) in [6.07, 6.45) is -4.52. The van der Waals surface area contributed by atoms with E-state index in [9.17, 15) is 18.0 Å². The summed E-state index contributed by atoms with van der Waals surface area (Å²) in [6, 6.07) is 5.16. The molecule has 2 N–H and O–H groups in total. The molecule has 0 bridgehead atoms. The van der Waals surface area contributed by atoms with Crippen molar-refractivity contribution in [1.29, 1.82) is 0 Å². The van der Waals surface area contributed by atoms with E-state index in [0.29, 0.717) is 11.9 Å². The Morgan fingerprint density at radius 3 is 2.61 bits per heavy atom. The molecule has 0 fully saturated rings. The highest BCUT2D eigenvalue weighted by Gasteiger charge is 2.38. The van der Waals surface area contributed by atoms with Crippen molar-refractivity contribution in [1.82, 2.24) is 0 Å². The quantitative estimate of drug-likeness (QED) is 0.259. The van der Waals surface area contributed by atoms with Gasteiger partial charge in [-0.1, -0.05) is 15.9 Å². The van der Waals surface area contributed by atoms with E-state index in [1.54, 1.807) is 12.1 Å². The van der Waals surface area contributed by atoms with Crippen molar-refractivity contribution in [2.75, 3.05) is 12.0 Å². The molecule has 23 heavy (non-hydrogen) atoms. The molecule has 0 aliphatic carbocycles. The topological polar surface area (TPSA) is 70.9 Å². The van der Waals surface area contributed by atoms with E-state index in [2.05, 4.69) is 31.2 Å². The molecule has 9 heteroatoms. The number of allylic oxidation sites excluding steroid dienone is 1. The van der Waals surface area contributed by atoms with Gasteiger partial charge in [0.2, 0.25) is 5.76 Å². The number of ether oxygens (including phenoxy) is 1. The molecular weight excluding hydrogens is 381 g/mol. The van der Waals surface area contributed by atoms with Gasteiger partial charge in [0.05, 0.1) is 18.5 Å². The van der Waals surface area contributed by atoms with Crippen LogP contribution in [0.15, 0.2) is 39.1 Å². The number of aliphatic hydroxyl groups is 1. The van der Waals surface area contributed by atoms with Crippen LogP contribution in [-0.4, -0.2) is 30.1 Å². The average Bonchev–Trinajstić information content (AvgIpc) is 2.41. The van der Waals surface area contributed by atoms with Crippen molar-refractivity contribution in [2.45, 2.75) is 20.0 Å². The number of aliphatic hydroxyl groups excluding tert-OH is 1. The monoisotopic (exact) mass is 394 g/mol. The lowest BCUT2D eigenvalue weighted by Crippen LogP contribution is -2.20. The number of carbonyl (C=O) groups excluding carboxylic acids is 1. The van der Waals surface area contributed by atoms with Crippen molar-refractivity contribution in [2.24, 2.45) is 5.10 Å². The number of nitrogens with one attached hydrogen (secondary N) is 1. The Morgan fingerprint density at radius 1 is 1.43 bits per heavy atom. The number of rotatable bonds is 5. The van der Waals surface area contributed by atoms with Gasteiger partial charge in [-0.3, -0.25) is 5.43 Å². The number of esters is 1. The van der Waals surface area contributed by atoms with E-state index in [-0.39, 0.29) is 6.61 Å². The molecule has 0 aliphatic heterocycles. The van der Waals surface area contributed by atoms with Crippen molar-refractivity contribution in [3.63, 3.8) is 0 Å². The Balaban J connectivity index is 3.03. The molecule has 126 valence electrons. The number of carbonyl (C=O) groups is 1. The predicted octanol–water partition coefficient (Wildman–Crippen LogP) is 4.09. The molecule has 1 aromatic carbocycles. The van der Waals surface area contributed by atoms with Crippen molar-refractivity contribution < 1.29 is 27.8 Å². The SMILES string of the molecule is CCOC(=O)C(C=NNc1cc(C)cc(Br)c1)=C(O)C(F)(F)F. The van der Waals surface area contributed by atoms with Crippen molar-refractivity contribution >= 4 is 33.8 Å². The molecule has 0 amide bonds. The van der Waals surface area contributed by atoms with E-state index in [4.69, 9.17) is 5.11 Å². The molecule has 1 rings (SSSR count). The van der Waals surface area contributed by atoms with Crippen molar-refractivity contribution in [3.05, 3.63) is 39.6 Å². The maximum atomic E-state index is 12.6. The number of halogens is 4. The minimum Gasteiger partial charge on any atom is -0.504 e. The summed E-state index contributed by atoms with van der Waals surface area (Å²) in [6.45, 7) is 3.11. The Morgan fingerprint density at radius 2 is 2.09 bits per heavy atom. The Kier molecular flexibility index (Phi) is 6.62. The maximum Gasteiger partial charge on any atom is 0.449 e. The second kappa shape index (κ2) is 8.00. The number of anilines is 1. The van der Waals surface area contributed by atoms with Gasteiger partial charge in [-0.2, -0.15) is 18.3 Å². The molecule has 0 saturated carbocycles. The number of nitrogens with zero attached hydrogens (tertiary/aromatic N) is 1. The number of hydrogen-bond donors (Lipinski definition) is 2. The fourth-order valence-corrected chi connectivity index (χ4v) is 2.15. The van der Waals surface area contributed by atoms with Gasteiger partial charge in [0.1, 0.15) is 5.57 Å². The lowest BCUT2D eigenvalue weighted by Gasteiger charge is -2.09. The van der Waals surface area contributed by atoms with Crippen LogP contribution in [0.25, 0.3) is 0 Å². The van der Waals surface area contributed by atoms with Crippen LogP contribution < -0.4 is 5.43 Å². The highest BCUT2D eigenvalue weighted by atomic mass is 79.9. The highest BCUT2D eigenvalue weighted by Crippen LogP contribution is 2.26. The predicted molar refractivity (Wildman–Crippen MR) is 83.3 cm³/mol. The van der Waals surface area contributed by atoms with Crippen LogP contribution in [0.2, 0.25) is 0 Å². The molecule has 0 radical (unpaired) electrons. The zero-order valence-corrected chi connectivity index (χ0v) is 13.8. The largest absolute Gasteiger partial charge is 0.504 e. The first-order chi connectivity index (χ1) is 10.6. The Labute approximate surface area is 139 Å². The van der Waals surface area contributed by atoms with Crippen LogP contribution in [0.3, 0.4) is 0 Å². The van der Waals surface area contributed by atoms with Gasteiger partial charge in [-0.05, 0) is 37.6 Å². The number of alkyl halides is 3. The first-order valence-electron chi connectivity index (χ1n) is 6.39. The zero-order chi connectivity index (χ0) is 17.6. The van der Waals surface area contributed by atoms with Crippen molar-refractivity contribution in [3.8, 4) is 0 Å². The minimum atomic E-state index is -5.08. The van der Waals surface area contributed by atoms with Gasteiger partial charge in [-0.25, -0.2) is 4.79 Å². The molecule has 0 atom stereocenters. The van der Waals surface area contributed by atoms with Crippen LogP contribution in [0, 0.1) is 6.92 Å². The standard InChI is InChI=1S/C14H14BrF3N2O3/c1-3-23-13(22)11(12(21)14(16,17)18)7-19-20-10-5-8(2)4-9(15)6-10/h4-7,20-21H,3H2,1-2H3. The first-order valence-corrected chi connectivity index (χ1v) is 7.18. The van der Waals surface area contributed by atoms with Gasteiger partial charge < -0.3 is 9.84 Å². The first kappa shape index (κ1) is 19.0. The van der Waals surface area contributed by atoms with Gasteiger partial charge in [0, 0.05) is 4.47 Å². The summed E-state index contributed by atoms with van der Waals surface area (Å²) < 4.78 is 42.9. The summed E-state index contributed by atoms with van der Waals surface area (Å²) in [4.78, 5) is 11.5. The third-order valence-corrected chi connectivity index (χ3v) is 2.91. The molecule has 0 heterocycles. The van der Waals surface area contributed by atoms with E-state index in [1.165, 1.54) is 6.92 Å². The summed E-state index contributed by atoms with van der Waals surface area (Å²) in [7, 11) is 0. The molecular formula is C14H14BrF3N2O3. The molecule has 0 spiro atoms.